The summed E-state index contributed by atoms with van der Waals surface area (Å²) < 4.78 is 10.8. The van der Waals surface area contributed by atoms with E-state index in [-0.39, 0.29) is 12.4 Å². The lowest BCUT2D eigenvalue weighted by Gasteiger charge is -2.16. The molecule has 1 aromatic heterocycles. The Bertz CT molecular complexity index is 996. The first-order valence-electron chi connectivity index (χ1n) is 8.03. The molecule has 140 valence electrons. The van der Waals surface area contributed by atoms with Crippen LogP contribution in [-0.2, 0) is 6.54 Å². The monoisotopic (exact) mass is 404 g/mol. The lowest BCUT2D eigenvalue weighted by Crippen LogP contribution is -2.10. The molecular formula is C19H18Cl2N4O2. The van der Waals surface area contributed by atoms with Crippen LogP contribution in [0.15, 0.2) is 36.4 Å². The van der Waals surface area contributed by atoms with Crippen LogP contribution in [0.3, 0.4) is 0 Å². The number of nitrogens with zero attached hydrogens (tertiary/aromatic N) is 2. The summed E-state index contributed by atoms with van der Waals surface area (Å²) in [6, 6.07) is 10.6. The van der Waals surface area contributed by atoms with E-state index in [1.165, 1.54) is 0 Å². The summed E-state index contributed by atoms with van der Waals surface area (Å²) in [5, 5.41) is 0.966. The summed E-state index contributed by atoms with van der Waals surface area (Å²) in [5.41, 5.74) is 14.5. The lowest BCUT2D eigenvalue weighted by molar-refractivity contribution is 0.356. The Morgan fingerprint density at radius 2 is 1.78 bits per heavy atom. The Balaban J connectivity index is 2.28. The van der Waals surface area contributed by atoms with Gasteiger partial charge in [-0.1, -0.05) is 29.3 Å². The van der Waals surface area contributed by atoms with Crippen molar-refractivity contribution < 1.29 is 9.47 Å². The van der Waals surface area contributed by atoms with Crippen molar-refractivity contribution in [2.24, 2.45) is 5.73 Å². The number of aromatic nitrogens is 2. The van der Waals surface area contributed by atoms with Crippen LogP contribution in [-0.4, -0.2) is 24.2 Å². The maximum Gasteiger partial charge on any atom is 0.171 e. The molecule has 3 rings (SSSR count). The molecule has 2 aromatic carbocycles. The van der Waals surface area contributed by atoms with Crippen molar-refractivity contribution in [2.45, 2.75) is 6.54 Å². The van der Waals surface area contributed by atoms with Crippen molar-refractivity contribution in [3.8, 4) is 34.1 Å². The second kappa shape index (κ2) is 8.00. The Hall–Kier alpha value is -2.54. The van der Waals surface area contributed by atoms with E-state index in [1.54, 1.807) is 38.5 Å². The summed E-state index contributed by atoms with van der Waals surface area (Å²) in [7, 11) is 3.11. The molecule has 27 heavy (non-hydrogen) atoms. The third-order valence-corrected chi connectivity index (χ3v) is 4.62. The second-order valence-corrected chi connectivity index (χ2v) is 6.47. The van der Waals surface area contributed by atoms with Crippen LogP contribution in [0.5, 0.6) is 11.5 Å². The zero-order valence-electron chi connectivity index (χ0n) is 14.8. The van der Waals surface area contributed by atoms with E-state index in [0.717, 1.165) is 0 Å². The van der Waals surface area contributed by atoms with Gasteiger partial charge >= 0.3 is 0 Å². The SMILES string of the molecule is COc1cccc(-c2nc(N)c(CN)c(-c3ccc(Cl)cc3Cl)n2)c1OC. The summed E-state index contributed by atoms with van der Waals surface area (Å²) in [6.45, 7) is 0.162. The molecule has 0 unspecified atom stereocenters. The van der Waals surface area contributed by atoms with Crippen LogP contribution < -0.4 is 20.9 Å². The molecule has 0 bridgehead atoms. The van der Waals surface area contributed by atoms with Gasteiger partial charge in [0.25, 0.3) is 0 Å². The Morgan fingerprint density at radius 1 is 1.00 bits per heavy atom. The van der Waals surface area contributed by atoms with Crippen LogP contribution in [0.25, 0.3) is 22.6 Å². The maximum atomic E-state index is 6.38. The molecule has 0 aliphatic carbocycles. The minimum Gasteiger partial charge on any atom is -0.493 e. The molecule has 0 spiro atoms. The average molecular weight is 405 g/mol. The highest BCUT2D eigenvalue weighted by atomic mass is 35.5. The summed E-state index contributed by atoms with van der Waals surface area (Å²) in [4.78, 5) is 9.10. The zero-order chi connectivity index (χ0) is 19.6. The average Bonchev–Trinajstić information content (AvgIpc) is 2.66. The Morgan fingerprint density at radius 3 is 2.41 bits per heavy atom. The number of halogens is 2. The van der Waals surface area contributed by atoms with E-state index < -0.39 is 0 Å². The van der Waals surface area contributed by atoms with Crippen molar-refractivity contribution in [1.29, 1.82) is 0 Å². The predicted molar refractivity (Wildman–Crippen MR) is 108 cm³/mol. The van der Waals surface area contributed by atoms with E-state index in [2.05, 4.69) is 9.97 Å². The molecule has 0 aliphatic heterocycles. The minimum atomic E-state index is 0.162. The lowest BCUT2D eigenvalue weighted by atomic mass is 10.0. The molecule has 4 N–H and O–H groups in total. The van der Waals surface area contributed by atoms with E-state index in [4.69, 9.17) is 44.1 Å². The van der Waals surface area contributed by atoms with Crippen LogP contribution in [0.1, 0.15) is 5.56 Å². The summed E-state index contributed by atoms with van der Waals surface area (Å²) in [5.74, 6) is 1.72. The summed E-state index contributed by atoms with van der Waals surface area (Å²) in [6.07, 6.45) is 0. The highest BCUT2D eigenvalue weighted by Gasteiger charge is 2.20. The van der Waals surface area contributed by atoms with Crippen LogP contribution in [0.4, 0.5) is 5.82 Å². The number of nitrogen functional groups attached to an aromatic ring is 1. The van der Waals surface area contributed by atoms with E-state index in [0.29, 0.717) is 49.8 Å². The van der Waals surface area contributed by atoms with E-state index in [1.807, 2.05) is 12.1 Å². The van der Waals surface area contributed by atoms with Gasteiger partial charge in [0, 0.05) is 22.7 Å². The largest absolute Gasteiger partial charge is 0.493 e. The number of methoxy groups -OCH3 is 2. The first kappa shape index (κ1) is 19.2. The fourth-order valence-electron chi connectivity index (χ4n) is 2.79. The number of nitrogens with two attached hydrogens (primary N) is 2. The van der Waals surface area contributed by atoms with Gasteiger partial charge in [-0.2, -0.15) is 0 Å². The van der Waals surface area contributed by atoms with Gasteiger partial charge in [-0.05, 0) is 30.3 Å². The van der Waals surface area contributed by atoms with Gasteiger partial charge in [0.05, 0.1) is 30.5 Å². The fraction of sp³-hybridized carbons (Fsp3) is 0.158. The van der Waals surface area contributed by atoms with Gasteiger partial charge in [0.1, 0.15) is 5.82 Å². The molecule has 0 saturated heterocycles. The highest BCUT2D eigenvalue weighted by Crippen LogP contribution is 2.39. The van der Waals surface area contributed by atoms with Gasteiger partial charge in [0.15, 0.2) is 17.3 Å². The molecule has 0 amide bonds. The Kier molecular flexibility index (Phi) is 5.70. The number of hydrogen-bond acceptors (Lipinski definition) is 6. The molecule has 0 saturated carbocycles. The zero-order valence-corrected chi connectivity index (χ0v) is 16.3. The van der Waals surface area contributed by atoms with E-state index in [9.17, 15) is 0 Å². The first-order valence-corrected chi connectivity index (χ1v) is 8.79. The standard InChI is InChI=1S/C19H18Cl2N4O2/c1-26-15-5-3-4-12(17(15)27-2)19-24-16(13(9-22)18(23)25-19)11-7-6-10(20)8-14(11)21/h3-8H,9,22H2,1-2H3,(H2,23,24,25). The fourth-order valence-corrected chi connectivity index (χ4v) is 3.29. The predicted octanol–water partition coefficient (Wildman–Crippen LogP) is 4.18. The normalized spacial score (nSPS) is 10.7. The van der Waals surface area contributed by atoms with Gasteiger partial charge in [-0.15, -0.1) is 0 Å². The van der Waals surface area contributed by atoms with Gasteiger partial charge in [0.2, 0.25) is 0 Å². The smallest absolute Gasteiger partial charge is 0.171 e. The number of benzene rings is 2. The van der Waals surface area contributed by atoms with Crippen molar-refractivity contribution in [1.82, 2.24) is 9.97 Å². The number of hydrogen-bond donors (Lipinski definition) is 2. The van der Waals surface area contributed by atoms with Crippen molar-refractivity contribution >= 4 is 29.0 Å². The van der Waals surface area contributed by atoms with Crippen LogP contribution >= 0.6 is 23.2 Å². The molecule has 3 aromatic rings. The van der Waals surface area contributed by atoms with Crippen molar-refractivity contribution in [3.05, 3.63) is 52.0 Å². The molecule has 8 heteroatoms. The quantitative estimate of drug-likeness (QED) is 0.661. The molecule has 0 aliphatic rings. The number of rotatable bonds is 5. The van der Waals surface area contributed by atoms with Gasteiger partial charge < -0.3 is 20.9 Å². The topological polar surface area (TPSA) is 96.3 Å². The summed E-state index contributed by atoms with van der Waals surface area (Å²) >= 11 is 12.4. The number of anilines is 1. The van der Waals surface area contributed by atoms with Gasteiger partial charge in [-0.25, -0.2) is 9.97 Å². The third-order valence-electron chi connectivity index (χ3n) is 4.07. The van der Waals surface area contributed by atoms with Gasteiger partial charge in [-0.3, -0.25) is 0 Å². The molecule has 0 fully saturated rings. The molecule has 1 heterocycles. The number of ether oxygens (including phenoxy) is 2. The first-order chi connectivity index (χ1) is 13.0. The molecule has 0 atom stereocenters. The van der Waals surface area contributed by atoms with Crippen LogP contribution in [0.2, 0.25) is 10.0 Å². The Labute approximate surface area is 167 Å². The molecule has 6 nitrogen and oxygen atoms in total. The maximum absolute atomic E-state index is 6.38. The molecule has 0 radical (unpaired) electrons. The minimum absolute atomic E-state index is 0.162. The van der Waals surface area contributed by atoms with Crippen molar-refractivity contribution in [3.63, 3.8) is 0 Å². The van der Waals surface area contributed by atoms with Crippen LogP contribution in [0, 0.1) is 0 Å². The highest BCUT2D eigenvalue weighted by molar-refractivity contribution is 6.36. The van der Waals surface area contributed by atoms with Crippen molar-refractivity contribution in [2.75, 3.05) is 20.0 Å². The van der Waals surface area contributed by atoms with E-state index >= 15 is 0 Å². The number of para-hydroxylation sites is 1. The molecular weight excluding hydrogens is 387 g/mol. The third kappa shape index (κ3) is 3.64. The second-order valence-electron chi connectivity index (χ2n) is 5.63.